The highest BCUT2D eigenvalue weighted by atomic mass is 35.5. The summed E-state index contributed by atoms with van der Waals surface area (Å²) < 4.78 is 6.36. The van der Waals surface area contributed by atoms with E-state index in [1.54, 1.807) is 25.1 Å². The van der Waals surface area contributed by atoms with Crippen LogP contribution in [-0.4, -0.2) is 43.9 Å². The van der Waals surface area contributed by atoms with E-state index in [1.807, 2.05) is 0 Å². The van der Waals surface area contributed by atoms with E-state index >= 15 is 0 Å². The van der Waals surface area contributed by atoms with Gasteiger partial charge >= 0.3 is 11.9 Å². The molecule has 2 unspecified atom stereocenters. The van der Waals surface area contributed by atoms with E-state index < -0.39 is 18.0 Å². The summed E-state index contributed by atoms with van der Waals surface area (Å²) in [6, 6.07) is 4.15. The van der Waals surface area contributed by atoms with E-state index in [-0.39, 0.29) is 31.5 Å². The lowest BCUT2D eigenvalue weighted by Gasteiger charge is -2.25. The van der Waals surface area contributed by atoms with Gasteiger partial charge in [0, 0.05) is 6.04 Å². The topological polar surface area (TPSA) is 119 Å². The molecule has 1 aromatic heterocycles. The number of benzene rings is 1. The Morgan fingerprint density at radius 1 is 1.34 bits per heavy atom. The second-order valence-electron chi connectivity index (χ2n) is 6.81. The van der Waals surface area contributed by atoms with Gasteiger partial charge in [0.05, 0.1) is 29.1 Å². The van der Waals surface area contributed by atoms with Crippen molar-refractivity contribution < 1.29 is 19.4 Å². The van der Waals surface area contributed by atoms with Crippen LogP contribution in [0.3, 0.4) is 0 Å². The molecule has 0 saturated heterocycles. The number of aliphatic carboxylic acids is 1. The molecule has 156 valence electrons. The second-order valence-corrected chi connectivity index (χ2v) is 7.62. The molecule has 0 radical (unpaired) electrons. The van der Waals surface area contributed by atoms with Crippen LogP contribution in [-0.2, 0) is 20.9 Å². The lowest BCUT2D eigenvalue weighted by Crippen LogP contribution is -2.32. The van der Waals surface area contributed by atoms with Crippen molar-refractivity contribution in [2.45, 2.75) is 44.8 Å². The van der Waals surface area contributed by atoms with Crippen molar-refractivity contribution >= 4 is 35.1 Å². The van der Waals surface area contributed by atoms with Gasteiger partial charge in [0.2, 0.25) is 0 Å². The SMILES string of the molecule is CCOC(=O)Cn1nnnc1C(NC(CC(=O)O)c1ccc(Cl)c(Cl)c1)C1CC1. The molecule has 1 aromatic carbocycles. The Morgan fingerprint density at radius 3 is 2.72 bits per heavy atom. The highest BCUT2D eigenvalue weighted by molar-refractivity contribution is 6.42. The van der Waals surface area contributed by atoms with Gasteiger partial charge in [-0.15, -0.1) is 5.10 Å². The summed E-state index contributed by atoms with van der Waals surface area (Å²) in [4.78, 5) is 23.3. The van der Waals surface area contributed by atoms with Crippen molar-refractivity contribution in [1.82, 2.24) is 25.5 Å². The van der Waals surface area contributed by atoms with Crippen LogP contribution < -0.4 is 5.32 Å². The van der Waals surface area contributed by atoms with Crippen molar-refractivity contribution in [1.29, 1.82) is 0 Å². The highest BCUT2D eigenvalue weighted by Gasteiger charge is 2.38. The Hall–Kier alpha value is -2.23. The van der Waals surface area contributed by atoms with Gasteiger partial charge in [-0.05, 0) is 53.8 Å². The van der Waals surface area contributed by atoms with Crippen LogP contribution >= 0.6 is 23.2 Å². The zero-order valence-electron chi connectivity index (χ0n) is 15.7. The van der Waals surface area contributed by atoms with E-state index in [0.29, 0.717) is 21.4 Å². The number of carboxylic acids is 1. The molecule has 2 atom stereocenters. The van der Waals surface area contributed by atoms with Crippen LogP contribution in [0.15, 0.2) is 18.2 Å². The number of carbonyl (C=O) groups excluding carboxylic acids is 1. The van der Waals surface area contributed by atoms with Gasteiger partial charge in [0.25, 0.3) is 0 Å². The molecule has 1 aliphatic rings. The number of tetrazole rings is 1. The minimum absolute atomic E-state index is 0.114. The lowest BCUT2D eigenvalue weighted by molar-refractivity contribution is -0.144. The first-order chi connectivity index (χ1) is 13.9. The van der Waals surface area contributed by atoms with E-state index in [9.17, 15) is 14.7 Å². The monoisotopic (exact) mass is 441 g/mol. The summed E-state index contributed by atoms with van der Waals surface area (Å²) in [5.74, 6) is -0.701. The van der Waals surface area contributed by atoms with Crippen LogP contribution in [0.2, 0.25) is 10.0 Å². The number of rotatable bonds is 10. The standard InChI is InChI=1S/C18H21Cl2N5O4/c1-2-29-16(28)9-25-18(22-23-24-25)17(10-3-4-10)21-14(8-15(26)27)11-5-6-12(19)13(20)7-11/h5-7,10,14,17,21H,2-4,8-9H2,1H3,(H,26,27). The number of halogens is 2. The third-order valence-corrected chi connectivity index (χ3v) is 5.36. The van der Waals surface area contributed by atoms with Gasteiger partial charge in [-0.1, -0.05) is 29.3 Å². The van der Waals surface area contributed by atoms with Crippen LogP contribution in [0, 0.1) is 5.92 Å². The lowest BCUT2D eigenvalue weighted by atomic mass is 10.0. The average Bonchev–Trinajstić information content (AvgIpc) is 3.40. The Balaban J connectivity index is 1.86. The number of ether oxygens (including phenoxy) is 1. The zero-order valence-corrected chi connectivity index (χ0v) is 17.2. The molecule has 0 amide bonds. The number of hydrogen-bond acceptors (Lipinski definition) is 7. The summed E-state index contributed by atoms with van der Waals surface area (Å²) in [5, 5.41) is 25.2. The van der Waals surface area contributed by atoms with Gasteiger partial charge in [-0.25, -0.2) is 4.68 Å². The Bertz CT molecular complexity index is 887. The number of carbonyl (C=O) groups is 2. The van der Waals surface area contributed by atoms with Crippen molar-refractivity contribution in [3.63, 3.8) is 0 Å². The van der Waals surface area contributed by atoms with Crippen molar-refractivity contribution in [2.75, 3.05) is 6.61 Å². The molecule has 0 bridgehead atoms. The quantitative estimate of drug-likeness (QED) is 0.540. The molecular formula is C18H21Cl2N5O4. The normalized spacial score (nSPS) is 15.7. The molecule has 9 nitrogen and oxygen atoms in total. The minimum atomic E-state index is -0.964. The van der Waals surface area contributed by atoms with Gasteiger partial charge in [-0.2, -0.15) is 0 Å². The third-order valence-electron chi connectivity index (χ3n) is 4.62. The number of nitrogens with zero attached hydrogens (tertiary/aromatic N) is 4. The molecule has 1 aliphatic carbocycles. The number of carboxylic acid groups (broad SMARTS) is 1. The first-order valence-corrected chi connectivity index (χ1v) is 9.99. The molecule has 1 heterocycles. The average molecular weight is 442 g/mol. The predicted octanol–water partition coefficient (Wildman–Crippen LogP) is 2.80. The van der Waals surface area contributed by atoms with Crippen LogP contribution in [0.1, 0.15) is 49.7 Å². The minimum Gasteiger partial charge on any atom is -0.481 e. The fourth-order valence-corrected chi connectivity index (χ4v) is 3.43. The number of aromatic nitrogens is 4. The number of hydrogen-bond donors (Lipinski definition) is 2. The third kappa shape index (κ3) is 5.65. The fraction of sp³-hybridized carbons (Fsp3) is 0.500. The van der Waals surface area contributed by atoms with Gasteiger partial charge < -0.3 is 9.84 Å². The summed E-state index contributed by atoms with van der Waals surface area (Å²) in [6.45, 7) is 1.87. The molecule has 29 heavy (non-hydrogen) atoms. The largest absolute Gasteiger partial charge is 0.481 e. The van der Waals surface area contributed by atoms with E-state index in [4.69, 9.17) is 27.9 Å². The summed E-state index contributed by atoms with van der Waals surface area (Å²) in [6.07, 6.45) is 1.73. The van der Waals surface area contributed by atoms with Crippen LogP contribution in [0.25, 0.3) is 0 Å². The van der Waals surface area contributed by atoms with Crippen LogP contribution in [0.5, 0.6) is 0 Å². The summed E-state index contributed by atoms with van der Waals surface area (Å²) in [5.41, 5.74) is 0.692. The van der Waals surface area contributed by atoms with Gasteiger partial charge in [0.1, 0.15) is 6.54 Å². The highest BCUT2D eigenvalue weighted by Crippen LogP contribution is 2.42. The van der Waals surface area contributed by atoms with Crippen molar-refractivity contribution in [2.24, 2.45) is 5.92 Å². The second kappa shape index (κ2) is 9.51. The van der Waals surface area contributed by atoms with Crippen molar-refractivity contribution in [3.05, 3.63) is 39.6 Å². The molecular weight excluding hydrogens is 421 g/mol. The van der Waals surface area contributed by atoms with Crippen molar-refractivity contribution in [3.8, 4) is 0 Å². The van der Waals surface area contributed by atoms with E-state index in [2.05, 4.69) is 20.8 Å². The molecule has 0 spiro atoms. The summed E-state index contributed by atoms with van der Waals surface area (Å²) in [7, 11) is 0. The number of nitrogens with one attached hydrogen (secondary N) is 1. The Labute approximate surface area is 177 Å². The maximum Gasteiger partial charge on any atom is 0.327 e. The fourth-order valence-electron chi connectivity index (χ4n) is 3.12. The molecule has 2 aromatic rings. The van der Waals surface area contributed by atoms with E-state index in [1.165, 1.54) is 4.68 Å². The van der Waals surface area contributed by atoms with E-state index in [0.717, 1.165) is 12.8 Å². The Kier molecular flexibility index (Phi) is 7.05. The van der Waals surface area contributed by atoms with Gasteiger partial charge in [-0.3, -0.25) is 14.9 Å². The molecule has 3 rings (SSSR count). The predicted molar refractivity (Wildman–Crippen MR) is 105 cm³/mol. The summed E-state index contributed by atoms with van der Waals surface area (Å²) >= 11 is 12.1. The smallest absolute Gasteiger partial charge is 0.327 e. The van der Waals surface area contributed by atoms with Gasteiger partial charge in [0.15, 0.2) is 5.82 Å². The molecule has 11 heteroatoms. The Morgan fingerprint density at radius 2 is 2.10 bits per heavy atom. The molecule has 0 aliphatic heterocycles. The molecule has 2 N–H and O–H groups in total. The first kappa shape index (κ1) is 21.5. The zero-order chi connectivity index (χ0) is 21.0. The maximum atomic E-state index is 11.9. The van der Waals surface area contributed by atoms with Crippen LogP contribution in [0.4, 0.5) is 0 Å². The molecule has 1 fully saturated rings. The molecule has 1 saturated carbocycles. The first-order valence-electron chi connectivity index (χ1n) is 9.23. The maximum absolute atomic E-state index is 11.9. The number of esters is 1.